The number of aromatic nitrogens is 2. The van der Waals surface area contributed by atoms with Gasteiger partial charge < -0.3 is 19.5 Å². The molecule has 0 unspecified atom stereocenters. The van der Waals surface area contributed by atoms with Crippen LogP contribution >= 0.6 is 0 Å². The van der Waals surface area contributed by atoms with E-state index in [9.17, 15) is 14.9 Å². The van der Waals surface area contributed by atoms with Crippen LogP contribution in [0.1, 0.15) is 10.4 Å². The van der Waals surface area contributed by atoms with E-state index in [1.54, 1.807) is 37.4 Å². The number of carbonyl (C=O) groups is 1. The highest BCUT2D eigenvalue weighted by Crippen LogP contribution is 2.23. The summed E-state index contributed by atoms with van der Waals surface area (Å²) in [6.07, 6.45) is 0. The van der Waals surface area contributed by atoms with E-state index in [1.165, 1.54) is 12.1 Å². The Morgan fingerprint density at radius 3 is 2.50 bits per heavy atom. The molecule has 1 N–H and O–H groups in total. The van der Waals surface area contributed by atoms with Crippen molar-refractivity contribution in [2.75, 3.05) is 38.2 Å². The molecule has 2 heterocycles. The summed E-state index contributed by atoms with van der Waals surface area (Å²) in [5.41, 5.74) is 1.96. The molecule has 9 heteroatoms. The number of non-ortho nitro benzene ring substituents is 1. The van der Waals surface area contributed by atoms with Gasteiger partial charge >= 0.3 is 0 Å². The summed E-state index contributed by atoms with van der Waals surface area (Å²) < 4.78 is 5.12. The van der Waals surface area contributed by atoms with Crippen molar-refractivity contribution in [3.63, 3.8) is 0 Å². The summed E-state index contributed by atoms with van der Waals surface area (Å²) in [7, 11) is 1.59. The number of amides is 1. The van der Waals surface area contributed by atoms with Gasteiger partial charge in [0.15, 0.2) is 0 Å². The molecule has 0 atom stereocenters. The number of nitro groups is 1. The Hall–Kier alpha value is -3.62. The minimum absolute atomic E-state index is 0.0115. The molecule has 0 radical (unpaired) electrons. The van der Waals surface area contributed by atoms with Crippen molar-refractivity contribution >= 4 is 28.6 Å². The quantitative estimate of drug-likeness (QED) is 0.550. The molecule has 9 nitrogen and oxygen atoms in total. The summed E-state index contributed by atoms with van der Waals surface area (Å²) in [6.45, 7) is 2.40. The Morgan fingerprint density at radius 2 is 1.86 bits per heavy atom. The van der Waals surface area contributed by atoms with Gasteiger partial charge in [-0.15, -0.1) is 0 Å². The topological polar surface area (TPSA) is 105 Å². The number of nitrogens with zero attached hydrogens (tertiary/aromatic N) is 4. The van der Waals surface area contributed by atoms with Gasteiger partial charge in [0.1, 0.15) is 5.75 Å². The molecule has 4 rings (SSSR count). The summed E-state index contributed by atoms with van der Waals surface area (Å²) >= 11 is 0. The highest BCUT2D eigenvalue weighted by molar-refractivity contribution is 5.94. The van der Waals surface area contributed by atoms with Crippen LogP contribution in [0.25, 0.3) is 11.0 Å². The van der Waals surface area contributed by atoms with Crippen LogP contribution in [0, 0.1) is 10.1 Å². The lowest BCUT2D eigenvalue weighted by Gasteiger charge is -2.34. The summed E-state index contributed by atoms with van der Waals surface area (Å²) in [6, 6.07) is 11.6. The van der Waals surface area contributed by atoms with E-state index in [1.807, 2.05) is 9.80 Å². The second kappa shape index (κ2) is 7.18. The van der Waals surface area contributed by atoms with Gasteiger partial charge in [-0.1, -0.05) is 0 Å². The predicted molar refractivity (Wildman–Crippen MR) is 104 cm³/mol. The number of ether oxygens (including phenoxy) is 1. The summed E-state index contributed by atoms with van der Waals surface area (Å²) in [4.78, 5) is 34.7. The molecular formula is C19H19N5O4. The van der Waals surface area contributed by atoms with Crippen molar-refractivity contribution in [3.8, 4) is 5.75 Å². The van der Waals surface area contributed by atoms with Gasteiger partial charge in [0.25, 0.3) is 11.6 Å². The lowest BCUT2D eigenvalue weighted by molar-refractivity contribution is -0.384. The van der Waals surface area contributed by atoms with E-state index in [0.717, 1.165) is 0 Å². The van der Waals surface area contributed by atoms with Crippen molar-refractivity contribution in [3.05, 3.63) is 58.1 Å². The molecule has 1 aliphatic heterocycles. The maximum atomic E-state index is 12.7. The monoisotopic (exact) mass is 381 g/mol. The number of benzene rings is 2. The van der Waals surface area contributed by atoms with Crippen molar-refractivity contribution < 1.29 is 14.5 Å². The SMILES string of the molecule is COc1ccc(C(=O)N2CCN(c3nc4ccc([N+](=O)[O-])cc4[nH]3)CC2)cc1. The number of piperazine rings is 1. The van der Waals surface area contributed by atoms with Crippen LogP contribution < -0.4 is 9.64 Å². The molecule has 2 aromatic carbocycles. The Balaban J connectivity index is 1.44. The van der Waals surface area contributed by atoms with Gasteiger partial charge in [-0.25, -0.2) is 4.98 Å². The van der Waals surface area contributed by atoms with Crippen molar-refractivity contribution in [1.82, 2.24) is 14.9 Å². The van der Waals surface area contributed by atoms with E-state index in [4.69, 9.17) is 4.74 Å². The fourth-order valence-corrected chi connectivity index (χ4v) is 3.28. The maximum absolute atomic E-state index is 12.7. The van der Waals surface area contributed by atoms with Gasteiger partial charge in [0, 0.05) is 43.9 Å². The average molecular weight is 381 g/mol. The lowest BCUT2D eigenvalue weighted by atomic mass is 10.1. The van der Waals surface area contributed by atoms with Gasteiger partial charge in [0.2, 0.25) is 5.95 Å². The normalized spacial score (nSPS) is 14.3. The number of anilines is 1. The maximum Gasteiger partial charge on any atom is 0.271 e. The summed E-state index contributed by atoms with van der Waals surface area (Å²) in [5, 5.41) is 10.9. The van der Waals surface area contributed by atoms with Gasteiger partial charge in [0.05, 0.1) is 23.1 Å². The molecule has 1 saturated heterocycles. The molecular weight excluding hydrogens is 362 g/mol. The zero-order chi connectivity index (χ0) is 19.7. The Labute approximate surface area is 160 Å². The van der Waals surface area contributed by atoms with E-state index < -0.39 is 4.92 Å². The van der Waals surface area contributed by atoms with Crippen LogP contribution in [0.2, 0.25) is 0 Å². The van der Waals surface area contributed by atoms with Crippen LogP contribution in [0.3, 0.4) is 0 Å². The van der Waals surface area contributed by atoms with Gasteiger partial charge in [-0.05, 0) is 30.3 Å². The smallest absolute Gasteiger partial charge is 0.271 e. The first-order valence-corrected chi connectivity index (χ1v) is 8.87. The molecule has 1 amide bonds. The molecule has 0 spiro atoms. The van der Waals surface area contributed by atoms with Crippen LogP contribution in [0.15, 0.2) is 42.5 Å². The third-order valence-corrected chi connectivity index (χ3v) is 4.87. The number of hydrogen-bond donors (Lipinski definition) is 1. The molecule has 144 valence electrons. The number of rotatable bonds is 4. The fourth-order valence-electron chi connectivity index (χ4n) is 3.28. The van der Waals surface area contributed by atoms with E-state index >= 15 is 0 Å². The number of nitrogens with one attached hydrogen (secondary N) is 1. The van der Waals surface area contributed by atoms with Crippen LogP contribution in [0.5, 0.6) is 5.75 Å². The number of nitro benzene ring substituents is 1. The van der Waals surface area contributed by atoms with Gasteiger partial charge in [-0.3, -0.25) is 14.9 Å². The third kappa shape index (κ3) is 3.34. The predicted octanol–water partition coefficient (Wildman–Crippen LogP) is 2.44. The minimum atomic E-state index is -0.427. The zero-order valence-corrected chi connectivity index (χ0v) is 15.3. The first kappa shape index (κ1) is 17.8. The Bertz CT molecular complexity index is 1020. The zero-order valence-electron chi connectivity index (χ0n) is 15.3. The number of hydrogen-bond acceptors (Lipinski definition) is 6. The number of aromatic amines is 1. The first-order chi connectivity index (χ1) is 13.5. The standard InChI is InChI=1S/C19H19N5O4/c1-28-15-5-2-13(3-6-15)18(25)22-8-10-23(11-9-22)19-20-16-7-4-14(24(26)27)12-17(16)21-19/h2-7,12H,8-11H2,1H3,(H,20,21). The Kier molecular flexibility index (Phi) is 4.56. The fraction of sp³-hybridized carbons (Fsp3) is 0.263. The van der Waals surface area contributed by atoms with Crippen LogP contribution in [-0.4, -0.2) is 59.0 Å². The first-order valence-electron chi connectivity index (χ1n) is 8.87. The Morgan fingerprint density at radius 1 is 1.14 bits per heavy atom. The largest absolute Gasteiger partial charge is 0.497 e. The second-order valence-electron chi connectivity index (χ2n) is 6.53. The van der Waals surface area contributed by atoms with Crippen LogP contribution in [0.4, 0.5) is 11.6 Å². The van der Waals surface area contributed by atoms with Crippen molar-refractivity contribution in [1.29, 1.82) is 0 Å². The van der Waals surface area contributed by atoms with Gasteiger partial charge in [-0.2, -0.15) is 0 Å². The number of imidazole rings is 1. The van der Waals surface area contributed by atoms with E-state index in [-0.39, 0.29) is 11.6 Å². The van der Waals surface area contributed by atoms with Crippen LogP contribution in [-0.2, 0) is 0 Å². The molecule has 1 aromatic heterocycles. The number of methoxy groups -OCH3 is 1. The van der Waals surface area contributed by atoms with Crippen molar-refractivity contribution in [2.24, 2.45) is 0 Å². The highest BCUT2D eigenvalue weighted by Gasteiger charge is 2.24. The number of carbonyl (C=O) groups excluding carboxylic acids is 1. The highest BCUT2D eigenvalue weighted by atomic mass is 16.6. The molecule has 0 saturated carbocycles. The molecule has 3 aromatic rings. The van der Waals surface area contributed by atoms with E-state index in [2.05, 4.69) is 9.97 Å². The molecule has 0 aliphatic carbocycles. The minimum Gasteiger partial charge on any atom is -0.497 e. The third-order valence-electron chi connectivity index (χ3n) is 4.87. The molecule has 1 aliphatic rings. The average Bonchev–Trinajstić information content (AvgIpc) is 3.17. The molecule has 28 heavy (non-hydrogen) atoms. The molecule has 0 bridgehead atoms. The number of H-pyrrole nitrogens is 1. The summed E-state index contributed by atoms with van der Waals surface area (Å²) in [5.74, 6) is 1.36. The van der Waals surface area contributed by atoms with Crippen molar-refractivity contribution in [2.45, 2.75) is 0 Å². The van der Waals surface area contributed by atoms with E-state index in [0.29, 0.717) is 54.5 Å². The number of fused-ring (bicyclic) bond motifs is 1. The second-order valence-corrected chi connectivity index (χ2v) is 6.53. The lowest BCUT2D eigenvalue weighted by Crippen LogP contribution is -2.49. The molecule has 1 fully saturated rings.